The van der Waals surface area contributed by atoms with Gasteiger partial charge in [0.25, 0.3) is 0 Å². The third kappa shape index (κ3) is 3.45. The van der Waals surface area contributed by atoms with Gasteiger partial charge in [-0.1, -0.05) is 0 Å². The van der Waals surface area contributed by atoms with Gasteiger partial charge in [-0.15, -0.1) is 0 Å². The molecule has 0 saturated carbocycles. The Kier molecular flexibility index (Phi) is 3.25. The third-order valence-electron chi connectivity index (χ3n) is 2.06. The molecule has 1 aliphatic heterocycles. The lowest BCUT2D eigenvalue weighted by atomic mass is 10.1. The van der Waals surface area contributed by atoms with Crippen molar-refractivity contribution in [2.45, 2.75) is 12.8 Å². The summed E-state index contributed by atoms with van der Waals surface area (Å²) in [6.07, 6.45) is 1.71. The molecule has 1 saturated heterocycles. The predicted octanol–water partition coefficient (Wildman–Crippen LogP) is -0.778. The van der Waals surface area contributed by atoms with Gasteiger partial charge in [0.2, 0.25) is 5.91 Å². The van der Waals surface area contributed by atoms with Crippen molar-refractivity contribution >= 4 is 21.5 Å². The summed E-state index contributed by atoms with van der Waals surface area (Å²) >= 11 is 0. The van der Waals surface area contributed by atoms with Crippen molar-refractivity contribution in [2.75, 3.05) is 25.1 Å². The average Bonchev–Trinajstić information content (AvgIpc) is 2.02. The fraction of sp³-hybridized carbons (Fsp3) is 0.750. The number of piperidine rings is 1. The lowest BCUT2D eigenvalue weighted by molar-refractivity contribution is -0.132. The van der Waals surface area contributed by atoms with Crippen LogP contribution < -0.4 is 0 Å². The SMILES string of the molecule is CS(=O)(=O)CC(=O)N1CCC(=O)CC1. The van der Waals surface area contributed by atoms with Gasteiger partial charge in [0, 0.05) is 32.2 Å². The molecule has 0 aromatic heterocycles. The van der Waals surface area contributed by atoms with Crippen molar-refractivity contribution in [1.82, 2.24) is 4.90 Å². The van der Waals surface area contributed by atoms with Gasteiger partial charge >= 0.3 is 0 Å². The van der Waals surface area contributed by atoms with Gasteiger partial charge in [-0.25, -0.2) is 8.42 Å². The number of hydrogen-bond acceptors (Lipinski definition) is 4. The molecule has 1 fully saturated rings. The average molecular weight is 219 g/mol. The van der Waals surface area contributed by atoms with Crippen LogP contribution in [0.5, 0.6) is 0 Å². The van der Waals surface area contributed by atoms with Gasteiger partial charge in [-0.2, -0.15) is 0 Å². The first-order valence-electron chi connectivity index (χ1n) is 4.36. The van der Waals surface area contributed by atoms with E-state index in [9.17, 15) is 18.0 Å². The monoisotopic (exact) mass is 219 g/mol. The van der Waals surface area contributed by atoms with E-state index in [1.54, 1.807) is 0 Å². The molecule has 0 spiro atoms. The standard InChI is InChI=1S/C8H13NO4S/c1-14(12,13)6-8(11)9-4-2-7(10)3-5-9/h2-6H2,1H3. The van der Waals surface area contributed by atoms with Crippen LogP contribution in [0.1, 0.15) is 12.8 Å². The van der Waals surface area contributed by atoms with Crippen molar-refractivity contribution < 1.29 is 18.0 Å². The summed E-state index contributed by atoms with van der Waals surface area (Å²) in [5.41, 5.74) is 0. The zero-order chi connectivity index (χ0) is 10.8. The Balaban J connectivity index is 2.50. The van der Waals surface area contributed by atoms with E-state index in [0.29, 0.717) is 25.9 Å². The maximum absolute atomic E-state index is 11.4. The summed E-state index contributed by atoms with van der Waals surface area (Å²) in [6.45, 7) is 0.709. The molecule has 0 radical (unpaired) electrons. The molecule has 0 aliphatic carbocycles. The molecule has 0 N–H and O–H groups in total. The molecule has 0 aromatic carbocycles. The molecule has 0 unspecified atom stereocenters. The predicted molar refractivity (Wildman–Crippen MR) is 50.5 cm³/mol. The van der Waals surface area contributed by atoms with Gasteiger partial charge in [0.15, 0.2) is 9.84 Å². The van der Waals surface area contributed by atoms with Crippen LogP contribution in [-0.4, -0.2) is 50.1 Å². The number of hydrogen-bond donors (Lipinski definition) is 0. The second kappa shape index (κ2) is 4.08. The minimum atomic E-state index is -3.26. The summed E-state index contributed by atoms with van der Waals surface area (Å²) in [7, 11) is -3.26. The number of amides is 1. The van der Waals surface area contributed by atoms with Gasteiger partial charge < -0.3 is 4.90 Å². The maximum atomic E-state index is 11.4. The summed E-state index contributed by atoms with van der Waals surface area (Å²) < 4.78 is 21.7. The summed E-state index contributed by atoms with van der Waals surface area (Å²) in [5.74, 6) is -0.727. The van der Waals surface area contributed by atoms with Gasteiger partial charge in [0.05, 0.1) is 0 Å². The van der Waals surface area contributed by atoms with E-state index < -0.39 is 21.5 Å². The molecule has 1 aliphatic rings. The van der Waals surface area contributed by atoms with E-state index in [1.807, 2.05) is 0 Å². The van der Waals surface area contributed by atoms with Crippen molar-refractivity contribution in [2.24, 2.45) is 0 Å². The molecule has 14 heavy (non-hydrogen) atoms. The lowest BCUT2D eigenvalue weighted by Gasteiger charge is -2.25. The number of nitrogens with zero attached hydrogens (tertiary/aromatic N) is 1. The van der Waals surface area contributed by atoms with Crippen LogP contribution >= 0.6 is 0 Å². The molecule has 1 heterocycles. The number of rotatable bonds is 2. The Hall–Kier alpha value is -0.910. The molecule has 80 valence electrons. The number of ketones is 1. The highest BCUT2D eigenvalue weighted by atomic mass is 32.2. The smallest absolute Gasteiger partial charge is 0.237 e. The molecular formula is C8H13NO4S. The van der Waals surface area contributed by atoms with Crippen molar-refractivity contribution in [3.8, 4) is 0 Å². The van der Waals surface area contributed by atoms with Crippen LogP contribution in [0.2, 0.25) is 0 Å². The number of carbonyl (C=O) groups excluding carboxylic acids is 2. The highest BCUT2D eigenvalue weighted by molar-refractivity contribution is 7.91. The quantitative estimate of drug-likeness (QED) is 0.611. The Morgan fingerprint density at radius 2 is 1.86 bits per heavy atom. The Morgan fingerprint density at radius 3 is 2.29 bits per heavy atom. The molecular weight excluding hydrogens is 206 g/mol. The molecule has 0 aromatic rings. The molecule has 1 amide bonds. The Labute approximate surface area is 83.0 Å². The summed E-state index contributed by atoms with van der Waals surface area (Å²) in [4.78, 5) is 23.6. The second-order valence-electron chi connectivity index (χ2n) is 3.49. The highest BCUT2D eigenvalue weighted by Crippen LogP contribution is 2.06. The summed E-state index contributed by atoms with van der Waals surface area (Å²) in [6, 6.07) is 0. The first-order chi connectivity index (χ1) is 6.38. The van der Waals surface area contributed by atoms with Crippen molar-refractivity contribution in [3.05, 3.63) is 0 Å². The maximum Gasteiger partial charge on any atom is 0.237 e. The lowest BCUT2D eigenvalue weighted by Crippen LogP contribution is -2.41. The van der Waals surface area contributed by atoms with Gasteiger partial charge in [-0.3, -0.25) is 9.59 Å². The number of likely N-dealkylation sites (tertiary alicyclic amines) is 1. The zero-order valence-corrected chi connectivity index (χ0v) is 8.84. The van der Waals surface area contributed by atoms with E-state index in [4.69, 9.17) is 0 Å². The van der Waals surface area contributed by atoms with Crippen LogP contribution in [0.3, 0.4) is 0 Å². The molecule has 5 nitrogen and oxygen atoms in total. The number of Topliss-reactive ketones (excluding diaryl/α,β-unsaturated/α-hetero) is 1. The Morgan fingerprint density at radius 1 is 1.36 bits per heavy atom. The van der Waals surface area contributed by atoms with Crippen LogP contribution in [0.4, 0.5) is 0 Å². The van der Waals surface area contributed by atoms with Crippen LogP contribution in [0, 0.1) is 0 Å². The Bertz CT molecular complexity index is 336. The largest absolute Gasteiger partial charge is 0.341 e. The summed E-state index contributed by atoms with van der Waals surface area (Å²) in [5, 5.41) is 0. The van der Waals surface area contributed by atoms with Crippen LogP contribution in [-0.2, 0) is 19.4 Å². The zero-order valence-electron chi connectivity index (χ0n) is 8.02. The number of carbonyl (C=O) groups is 2. The minimum Gasteiger partial charge on any atom is -0.341 e. The van der Waals surface area contributed by atoms with Crippen LogP contribution in [0.25, 0.3) is 0 Å². The van der Waals surface area contributed by atoms with E-state index in [0.717, 1.165) is 6.26 Å². The first-order valence-corrected chi connectivity index (χ1v) is 6.42. The third-order valence-corrected chi connectivity index (χ3v) is 2.83. The van der Waals surface area contributed by atoms with Crippen molar-refractivity contribution in [3.63, 3.8) is 0 Å². The number of sulfone groups is 1. The van der Waals surface area contributed by atoms with E-state index in [2.05, 4.69) is 0 Å². The van der Waals surface area contributed by atoms with E-state index >= 15 is 0 Å². The second-order valence-corrected chi connectivity index (χ2v) is 5.63. The first kappa shape index (κ1) is 11.2. The normalized spacial score (nSPS) is 18.4. The molecule has 6 heteroatoms. The minimum absolute atomic E-state index is 0.133. The van der Waals surface area contributed by atoms with Gasteiger partial charge in [-0.05, 0) is 0 Å². The topological polar surface area (TPSA) is 71.5 Å². The highest BCUT2D eigenvalue weighted by Gasteiger charge is 2.22. The van der Waals surface area contributed by atoms with Gasteiger partial charge in [0.1, 0.15) is 11.5 Å². The van der Waals surface area contributed by atoms with Crippen LogP contribution in [0.15, 0.2) is 0 Å². The molecule has 0 atom stereocenters. The molecule has 1 rings (SSSR count). The van der Waals surface area contributed by atoms with E-state index in [1.165, 1.54) is 4.90 Å². The molecule has 0 bridgehead atoms. The fourth-order valence-corrected chi connectivity index (χ4v) is 1.95. The van der Waals surface area contributed by atoms with E-state index in [-0.39, 0.29) is 5.78 Å². The fourth-order valence-electron chi connectivity index (χ4n) is 1.32. The van der Waals surface area contributed by atoms with Crippen molar-refractivity contribution in [1.29, 1.82) is 0 Å².